The zero-order valence-corrected chi connectivity index (χ0v) is 7.25. The molecule has 0 radical (unpaired) electrons. The van der Waals surface area contributed by atoms with Crippen molar-refractivity contribution in [2.24, 2.45) is 5.73 Å². The summed E-state index contributed by atoms with van der Waals surface area (Å²) in [5, 5.41) is 10.2. The second-order valence-electron chi connectivity index (χ2n) is 3.16. The number of hydrogen-bond acceptors (Lipinski definition) is 2. The summed E-state index contributed by atoms with van der Waals surface area (Å²) in [7, 11) is 0. The minimum absolute atomic E-state index is 0.168. The fourth-order valence-corrected chi connectivity index (χ4v) is 1.80. The molecule has 0 bridgehead atoms. The van der Waals surface area contributed by atoms with Gasteiger partial charge in [-0.3, -0.25) is 0 Å². The zero-order valence-electron chi connectivity index (χ0n) is 6.50. The van der Waals surface area contributed by atoms with E-state index in [1.807, 2.05) is 12.1 Å². The highest BCUT2D eigenvalue weighted by molar-refractivity contribution is 6.30. The van der Waals surface area contributed by atoms with Gasteiger partial charge in [0, 0.05) is 11.1 Å². The lowest BCUT2D eigenvalue weighted by molar-refractivity contribution is 0.159. The molecule has 2 atom stereocenters. The standard InChI is InChI=1S/C9H10ClNO/c10-6-2-1-5-3-8(11)9(12)7(5)4-6/h1-2,4,8-9,12H,3,11H2/t8-,9+/m1/s1. The molecule has 1 aliphatic rings. The van der Waals surface area contributed by atoms with Crippen molar-refractivity contribution in [3.63, 3.8) is 0 Å². The van der Waals surface area contributed by atoms with Crippen LogP contribution < -0.4 is 5.73 Å². The van der Waals surface area contributed by atoms with Crippen LogP contribution in [0, 0.1) is 0 Å². The van der Waals surface area contributed by atoms with Crippen LogP contribution in [0.2, 0.25) is 5.02 Å². The first-order valence-corrected chi connectivity index (χ1v) is 4.28. The maximum Gasteiger partial charge on any atom is 0.0947 e. The molecule has 2 rings (SSSR count). The normalized spacial score (nSPS) is 27.2. The van der Waals surface area contributed by atoms with Gasteiger partial charge in [-0.05, 0) is 29.7 Å². The lowest BCUT2D eigenvalue weighted by Gasteiger charge is -2.07. The second kappa shape index (κ2) is 2.73. The molecule has 0 amide bonds. The van der Waals surface area contributed by atoms with Crippen LogP contribution in [0.5, 0.6) is 0 Å². The Hall–Kier alpha value is -0.570. The molecule has 0 heterocycles. The van der Waals surface area contributed by atoms with Crippen molar-refractivity contribution < 1.29 is 5.11 Å². The van der Waals surface area contributed by atoms with E-state index in [2.05, 4.69) is 0 Å². The first-order valence-electron chi connectivity index (χ1n) is 3.90. The van der Waals surface area contributed by atoms with Gasteiger partial charge < -0.3 is 10.8 Å². The fourth-order valence-electron chi connectivity index (χ4n) is 1.62. The van der Waals surface area contributed by atoms with Crippen molar-refractivity contribution in [2.75, 3.05) is 0 Å². The van der Waals surface area contributed by atoms with Gasteiger partial charge in [0.2, 0.25) is 0 Å². The van der Waals surface area contributed by atoms with E-state index in [4.69, 9.17) is 17.3 Å². The van der Waals surface area contributed by atoms with E-state index in [1.54, 1.807) is 6.07 Å². The molecule has 0 spiro atoms. The number of halogens is 1. The molecule has 0 aromatic heterocycles. The summed E-state index contributed by atoms with van der Waals surface area (Å²) in [6, 6.07) is 5.37. The molecule has 3 N–H and O–H groups in total. The van der Waals surface area contributed by atoms with E-state index >= 15 is 0 Å². The van der Waals surface area contributed by atoms with Crippen LogP contribution in [0.15, 0.2) is 18.2 Å². The fraction of sp³-hybridized carbons (Fsp3) is 0.333. The Morgan fingerprint density at radius 3 is 3.00 bits per heavy atom. The van der Waals surface area contributed by atoms with E-state index in [1.165, 1.54) is 0 Å². The van der Waals surface area contributed by atoms with E-state index in [0.29, 0.717) is 5.02 Å². The minimum Gasteiger partial charge on any atom is -0.387 e. The van der Waals surface area contributed by atoms with Gasteiger partial charge >= 0.3 is 0 Å². The summed E-state index contributed by atoms with van der Waals surface area (Å²) in [5.41, 5.74) is 7.68. The molecule has 1 aliphatic carbocycles. The predicted molar refractivity (Wildman–Crippen MR) is 48.1 cm³/mol. The number of aliphatic hydroxyl groups is 1. The summed E-state index contributed by atoms with van der Waals surface area (Å²) < 4.78 is 0. The van der Waals surface area contributed by atoms with Crippen LogP contribution in [0.3, 0.4) is 0 Å². The average Bonchev–Trinajstić information content (AvgIpc) is 2.31. The number of aliphatic hydroxyl groups excluding tert-OH is 1. The largest absolute Gasteiger partial charge is 0.387 e. The summed E-state index contributed by atoms with van der Waals surface area (Å²) in [5.74, 6) is 0. The molecule has 0 saturated heterocycles. The molecule has 1 aromatic rings. The first kappa shape index (κ1) is 8.05. The quantitative estimate of drug-likeness (QED) is 0.636. The molecular formula is C9H10ClNO. The van der Waals surface area contributed by atoms with E-state index < -0.39 is 6.10 Å². The average molecular weight is 184 g/mol. The van der Waals surface area contributed by atoms with Gasteiger partial charge in [0.1, 0.15) is 0 Å². The molecular weight excluding hydrogens is 174 g/mol. The Morgan fingerprint density at radius 1 is 1.50 bits per heavy atom. The Morgan fingerprint density at radius 2 is 2.25 bits per heavy atom. The van der Waals surface area contributed by atoms with Crippen molar-refractivity contribution in [3.8, 4) is 0 Å². The van der Waals surface area contributed by atoms with Crippen molar-refractivity contribution in [3.05, 3.63) is 34.3 Å². The summed E-state index contributed by atoms with van der Waals surface area (Å²) in [6.07, 6.45) is 0.201. The number of nitrogens with two attached hydrogens (primary N) is 1. The molecule has 0 aliphatic heterocycles. The number of hydrogen-bond donors (Lipinski definition) is 2. The highest BCUT2D eigenvalue weighted by Crippen LogP contribution is 2.31. The van der Waals surface area contributed by atoms with E-state index in [-0.39, 0.29) is 6.04 Å². The topological polar surface area (TPSA) is 46.2 Å². The summed E-state index contributed by atoms with van der Waals surface area (Å²) in [4.78, 5) is 0. The van der Waals surface area contributed by atoms with Gasteiger partial charge in [-0.2, -0.15) is 0 Å². The Labute approximate surface area is 76.0 Å². The maximum absolute atomic E-state index is 9.59. The minimum atomic E-state index is -0.543. The lowest BCUT2D eigenvalue weighted by Crippen LogP contribution is -2.24. The Kier molecular flexibility index (Phi) is 1.83. The summed E-state index contributed by atoms with van der Waals surface area (Å²) in [6.45, 7) is 0. The highest BCUT2D eigenvalue weighted by atomic mass is 35.5. The molecule has 3 heteroatoms. The molecule has 64 valence electrons. The van der Waals surface area contributed by atoms with Gasteiger partial charge in [-0.1, -0.05) is 17.7 Å². The second-order valence-corrected chi connectivity index (χ2v) is 3.59. The van der Waals surface area contributed by atoms with E-state index in [9.17, 15) is 5.11 Å². The first-order chi connectivity index (χ1) is 5.68. The number of rotatable bonds is 0. The van der Waals surface area contributed by atoms with Crippen molar-refractivity contribution in [1.82, 2.24) is 0 Å². The van der Waals surface area contributed by atoms with Crippen LogP contribution >= 0.6 is 11.6 Å². The Bertz CT molecular complexity index is 313. The van der Waals surface area contributed by atoms with Gasteiger partial charge in [-0.15, -0.1) is 0 Å². The molecule has 12 heavy (non-hydrogen) atoms. The molecule has 0 fully saturated rings. The van der Waals surface area contributed by atoms with Crippen molar-refractivity contribution in [2.45, 2.75) is 18.6 Å². The van der Waals surface area contributed by atoms with Gasteiger partial charge in [0.05, 0.1) is 6.10 Å². The monoisotopic (exact) mass is 183 g/mol. The third kappa shape index (κ3) is 1.12. The smallest absolute Gasteiger partial charge is 0.0947 e. The Balaban J connectivity index is 2.48. The number of fused-ring (bicyclic) bond motifs is 1. The van der Waals surface area contributed by atoms with E-state index in [0.717, 1.165) is 17.5 Å². The van der Waals surface area contributed by atoms with Gasteiger partial charge in [-0.25, -0.2) is 0 Å². The van der Waals surface area contributed by atoms with Crippen LogP contribution in [0.1, 0.15) is 17.2 Å². The SMILES string of the molecule is N[C@@H]1Cc2ccc(Cl)cc2[C@@H]1O. The zero-order chi connectivity index (χ0) is 8.72. The predicted octanol–water partition coefficient (Wildman–Crippen LogP) is 1.26. The molecule has 1 aromatic carbocycles. The lowest BCUT2D eigenvalue weighted by atomic mass is 10.1. The van der Waals surface area contributed by atoms with Crippen molar-refractivity contribution >= 4 is 11.6 Å². The maximum atomic E-state index is 9.59. The highest BCUT2D eigenvalue weighted by Gasteiger charge is 2.27. The van der Waals surface area contributed by atoms with Crippen LogP contribution in [-0.2, 0) is 6.42 Å². The van der Waals surface area contributed by atoms with Crippen LogP contribution in [0.4, 0.5) is 0 Å². The molecule has 2 nitrogen and oxygen atoms in total. The molecule has 0 unspecified atom stereocenters. The summed E-state index contributed by atoms with van der Waals surface area (Å²) >= 11 is 5.78. The third-order valence-electron chi connectivity index (χ3n) is 2.29. The number of benzene rings is 1. The van der Waals surface area contributed by atoms with Crippen LogP contribution in [-0.4, -0.2) is 11.1 Å². The van der Waals surface area contributed by atoms with Gasteiger partial charge in [0.15, 0.2) is 0 Å². The third-order valence-corrected chi connectivity index (χ3v) is 2.52. The van der Waals surface area contributed by atoms with Gasteiger partial charge in [0.25, 0.3) is 0 Å². The van der Waals surface area contributed by atoms with Crippen LogP contribution in [0.25, 0.3) is 0 Å². The van der Waals surface area contributed by atoms with Crippen molar-refractivity contribution in [1.29, 1.82) is 0 Å². The molecule has 0 saturated carbocycles.